The van der Waals surface area contributed by atoms with Crippen molar-refractivity contribution in [2.24, 2.45) is 0 Å². The minimum Gasteiger partial charge on any atom is -0.341 e. The predicted octanol–water partition coefficient (Wildman–Crippen LogP) is 3.80. The molecule has 0 radical (unpaired) electrons. The van der Waals surface area contributed by atoms with Gasteiger partial charge in [0.15, 0.2) is 5.17 Å². The predicted molar refractivity (Wildman–Crippen MR) is 93.1 cm³/mol. The van der Waals surface area contributed by atoms with E-state index in [1.54, 1.807) is 16.7 Å². The largest absolute Gasteiger partial charge is 0.341 e. The fourth-order valence-electron chi connectivity index (χ4n) is 2.33. The number of carbonyl (C=O) groups is 1. The smallest absolute Gasteiger partial charge is 0.269 e. The minimum atomic E-state index is -0.0734. The van der Waals surface area contributed by atoms with Gasteiger partial charge in [0.1, 0.15) is 4.91 Å². The van der Waals surface area contributed by atoms with Gasteiger partial charge in [-0.1, -0.05) is 42.1 Å². The molecule has 6 heteroatoms. The minimum absolute atomic E-state index is 0.0734. The number of allylic oxidation sites excluding steroid dienone is 2. The maximum Gasteiger partial charge on any atom is 0.269 e. The van der Waals surface area contributed by atoms with E-state index in [4.69, 9.17) is 5.41 Å². The Morgan fingerprint density at radius 1 is 1.14 bits per heavy atom. The third kappa shape index (κ3) is 2.57. The van der Waals surface area contributed by atoms with E-state index in [1.807, 2.05) is 49.2 Å². The summed E-state index contributed by atoms with van der Waals surface area (Å²) in [6, 6.07) is 9.79. The highest BCUT2D eigenvalue weighted by atomic mass is 32.2. The average Bonchev–Trinajstić information content (AvgIpc) is 2.93. The van der Waals surface area contributed by atoms with Crippen LogP contribution in [0.15, 0.2) is 50.9 Å². The van der Waals surface area contributed by atoms with Crippen LogP contribution in [-0.4, -0.2) is 27.9 Å². The summed E-state index contributed by atoms with van der Waals surface area (Å²) in [5.41, 5.74) is 2.19. The first kappa shape index (κ1) is 15.2. The summed E-state index contributed by atoms with van der Waals surface area (Å²) in [6.07, 6.45) is 0. The molecule has 0 spiro atoms. The van der Waals surface area contributed by atoms with Crippen LogP contribution >= 0.6 is 23.5 Å². The zero-order chi connectivity index (χ0) is 15.9. The lowest BCUT2D eigenvalue weighted by Crippen LogP contribution is -2.28. The van der Waals surface area contributed by atoms with Gasteiger partial charge in [0.2, 0.25) is 0 Å². The lowest BCUT2D eigenvalue weighted by molar-refractivity contribution is -0.122. The molecule has 1 aromatic rings. The van der Waals surface area contributed by atoms with Gasteiger partial charge in [0, 0.05) is 17.6 Å². The second kappa shape index (κ2) is 5.85. The molecule has 0 bridgehead atoms. The Labute approximate surface area is 138 Å². The van der Waals surface area contributed by atoms with Crippen LogP contribution in [0.25, 0.3) is 0 Å². The number of carbonyl (C=O) groups excluding carboxylic acids is 1. The molecule has 3 rings (SSSR count). The highest BCUT2D eigenvalue weighted by molar-refractivity contribution is 8.19. The monoisotopic (exact) mass is 331 g/mol. The number of hydrogen-bond acceptors (Lipinski definition) is 5. The summed E-state index contributed by atoms with van der Waals surface area (Å²) < 4.78 is 0. The van der Waals surface area contributed by atoms with Gasteiger partial charge >= 0.3 is 0 Å². The zero-order valence-electron chi connectivity index (χ0n) is 12.7. The van der Waals surface area contributed by atoms with Gasteiger partial charge in [-0.05, 0) is 31.2 Å². The van der Waals surface area contributed by atoms with Crippen LogP contribution in [0, 0.1) is 5.41 Å². The molecule has 2 aliphatic heterocycles. The molecule has 0 unspecified atom stereocenters. The highest BCUT2D eigenvalue weighted by Gasteiger charge is 2.37. The van der Waals surface area contributed by atoms with Crippen LogP contribution in [0.1, 0.15) is 19.4 Å². The molecule has 2 aliphatic rings. The molecule has 2 heterocycles. The van der Waals surface area contributed by atoms with Crippen molar-refractivity contribution in [3.63, 3.8) is 0 Å². The van der Waals surface area contributed by atoms with Gasteiger partial charge in [0.05, 0.1) is 11.6 Å². The molecular weight excluding hydrogens is 314 g/mol. The molecule has 1 N–H and O–H groups in total. The van der Waals surface area contributed by atoms with Crippen LogP contribution in [0.2, 0.25) is 0 Å². The summed E-state index contributed by atoms with van der Waals surface area (Å²) >= 11 is 2.87. The SMILES string of the molecule is CC1=C(C)N(C)/C(=C2/SC(=N)N(Cc3ccccc3)C2=O)S1. The summed E-state index contributed by atoms with van der Waals surface area (Å²) in [6.45, 7) is 4.55. The number of benzene rings is 1. The fraction of sp³-hybridized carbons (Fsp3) is 0.250. The van der Waals surface area contributed by atoms with Gasteiger partial charge in [-0.15, -0.1) is 0 Å². The number of amides is 1. The number of amidine groups is 1. The van der Waals surface area contributed by atoms with E-state index >= 15 is 0 Å². The zero-order valence-corrected chi connectivity index (χ0v) is 14.3. The van der Waals surface area contributed by atoms with Crippen molar-refractivity contribution in [3.05, 3.63) is 56.4 Å². The number of nitrogens with one attached hydrogen (secondary N) is 1. The first-order chi connectivity index (χ1) is 10.5. The molecular formula is C16H17N3OS2. The van der Waals surface area contributed by atoms with Crippen molar-refractivity contribution < 1.29 is 4.79 Å². The fourth-order valence-corrected chi connectivity index (χ4v) is 4.48. The summed E-state index contributed by atoms with van der Waals surface area (Å²) in [7, 11) is 1.97. The van der Waals surface area contributed by atoms with Crippen molar-refractivity contribution >= 4 is 34.6 Å². The Balaban J connectivity index is 1.87. The summed E-state index contributed by atoms with van der Waals surface area (Å²) in [4.78, 5) is 18.2. The van der Waals surface area contributed by atoms with E-state index in [-0.39, 0.29) is 5.91 Å². The van der Waals surface area contributed by atoms with E-state index in [0.717, 1.165) is 16.3 Å². The number of hydrogen-bond donors (Lipinski definition) is 1. The van der Waals surface area contributed by atoms with Crippen LogP contribution < -0.4 is 0 Å². The van der Waals surface area contributed by atoms with Gasteiger partial charge in [-0.3, -0.25) is 15.1 Å². The Bertz CT molecular complexity index is 709. The van der Waals surface area contributed by atoms with Crippen molar-refractivity contribution in [3.8, 4) is 0 Å². The molecule has 22 heavy (non-hydrogen) atoms. The standard InChI is InChI=1S/C16H17N3OS2/c1-10-11(2)21-15(18(10)3)13-14(20)19(16(17)22-13)9-12-7-5-4-6-8-12/h4-8,17H,9H2,1-3H3/b15-13-,17-16?. The maximum atomic E-state index is 12.7. The Morgan fingerprint density at radius 2 is 1.82 bits per heavy atom. The Morgan fingerprint density at radius 3 is 2.41 bits per heavy atom. The molecule has 1 aromatic carbocycles. The van der Waals surface area contributed by atoms with Gasteiger partial charge in [-0.2, -0.15) is 0 Å². The normalized spacial score (nSPS) is 22.3. The molecule has 4 nitrogen and oxygen atoms in total. The quantitative estimate of drug-likeness (QED) is 0.838. The van der Waals surface area contributed by atoms with Crippen LogP contribution in [0.4, 0.5) is 0 Å². The second-order valence-corrected chi connectivity index (χ2v) is 7.42. The highest BCUT2D eigenvalue weighted by Crippen LogP contribution is 2.46. The number of rotatable bonds is 2. The van der Waals surface area contributed by atoms with E-state index in [1.165, 1.54) is 16.7 Å². The van der Waals surface area contributed by atoms with E-state index in [9.17, 15) is 4.79 Å². The van der Waals surface area contributed by atoms with Crippen molar-refractivity contribution in [2.45, 2.75) is 20.4 Å². The van der Waals surface area contributed by atoms with E-state index in [0.29, 0.717) is 16.6 Å². The first-order valence-electron chi connectivity index (χ1n) is 6.94. The van der Waals surface area contributed by atoms with E-state index < -0.39 is 0 Å². The van der Waals surface area contributed by atoms with Crippen LogP contribution in [0.5, 0.6) is 0 Å². The molecule has 0 aliphatic carbocycles. The number of thioether (sulfide) groups is 2. The molecule has 0 aromatic heterocycles. The Kier molecular flexibility index (Phi) is 4.06. The van der Waals surface area contributed by atoms with Crippen molar-refractivity contribution in [1.29, 1.82) is 5.41 Å². The van der Waals surface area contributed by atoms with E-state index in [2.05, 4.69) is 6.92 Å². The third-order valence-corrected chi connectivity index (χ3v) is 6.22. The topological polar surface area (TPSA) is 47.4 Å². The molecule has 0 atom stereocenters. The lowest BCUT2D eigenvalue weighted by Gasteiger charge is -2.17. The van der Waals surface area contributed by atoms with Crippen LogP contribution in [0.3, 0.4) is 0 Å². The lowest BCUT2D eigenvalue weighted by atomic mass is 10.2. The van der Waals surface area contributed by atoms with Crippen LogP contribution in [-0.2, 0) is 11.3 Å². The summed E-state index contributed by atoms with van der Waals surface area (Å²) in [5.74, 6) is -0.0734. The molecule has 1 amide bonds. The van der Waals surface area contributed by atoms with Gasteiger partial charge in [-0.25, -0.2) is 0 Å². The van der Waals surface area contributed by atoms with Gasteiger partial charge < -0.3 is 4.90 Å². The van der Waals surface area contributed by atoms with Gasteiger partial charge in [0.25, 0.3) is 5.91 Å². The first-order valence-corrected chi connectivity index (χ1v) is 8.58. The second-order valence-electron chi connectivity index (χ2n) is 5.22. The van der Waals surface area contributed by atoms with Crippen molar-refractivity contribution in [1.82, 2.24) is 9.80 Å². The van der Waals surface area contributed by atoms with Crippen molar-refractivity contribution in [2.75, 3.05) is 7.05 Å². The summed E-state index contributed by atoms with van der Waals surface area (Å²) in [5, 5.41) is 9.37. The number of nitrogens with zero attached hydrogens (tertiary/aromatic N) is 2. The maximum absolute atomic E-state index is 12.7. The molecule has 114 valence electrons. The molecule has 1 fully saturated rings. The Hall–Kier alpha value is -1.66. The third-order valence-electron chi connectivity index (χ3n) is 3.83. The average molecular weight is 331 g/mol. The molecule has 0 saturated carbocycles. The molecule has 1 saturated heterocycles.